The molecule has 0 unspecified atom stereocenters. The van der Waals surface area contributed by atoms with Crippen molar-refractivity contribution in [2.24, 2.45) is 5.84 Å². The van der Waals surface area contributed by atoms with E-state index in [1.54, 1.807) is 0 Å². The molecule has 0 spiro atoms. The molecule has 0 aromatic carbocycles. The Kier molecular flexibility index (Phi) is 3.83. The number of rotatable bonds is 4. The summed E-state index contributed by atoms with van der Waals surface area (Å²) in [4.78, 5) is 8.75. The molecule has 4 heteroatoms. The zero-order valence-electron chi connectivity index (χ0n) is 9.04. The maximum Gasteiger partial charge on any atom is 0.143 e. The number of nitrogens with two attached hydrogens (primary N) is 1. The molecule has 3 N–H and O–H groups in total. The molecule has 78 valence electrons. The average Bonchev–Trinajstić information content (AvgIpc) is 2.17. The zero-order chi connectivity index (χ0) is 10.6. The SMILES string of the molecule is CCCc1cc(NN)nc(C(C)C)n1. The minimum Gasteiger partial charge on any atom is -0.308 e. The van der Waals surface area contributed by atoms with E-state index >= 15 is 0 Å². The van der Waals surface area contributed by atoms with Crippen molar-refractivity contribution in [3.63, 3.8) is 0 Å². The number of nitrogens with one attached hydrogen (secondary N) is 1. The largest absolute Gasteiger partial charge is 0.308 e. The summed E-state index contributed by atoms with van der Waals surface area (Å²) in [5.74, 6) is 7.23. The van der Waals surface area contributed by atoms with Crippen molar-refractivity contribution < 1.29 is 0 Å². The van der Waals surface area contributed by atoms with Gasteiger partial charge in [0.25, 0.3) is 0 Å². The highest BCUT2D eigenvalue weighted by molar-refractivity contribution is 5.34. The number of nitrogens with zero attached hydrogens (tertiary/aromatic N) is 2. The van der Waals surface area contributed by atoms with Crippen LogP contribution < -0.4 is 11.3 Å². The second kappa shape index (κ2) is 4.91. The molecule has 0 atom stereocenters. The van der Waals surface area contributed by atoms with E-state index in [9.17, 15) is 0 Å². The highest BCUT2D eigenvalue weighted by Gasteiger charge is 2.06. The first kappa shape index (κ1) is 10.9. The second-order valence-corrected chi connectivity index (χ2v) is 3.65. The molecule has 0 saturated carbocycles. The van der Waals surface area contributed by atoms with E-state index in [0.717, 1.165) is 24.4 Å². The van der Waals surface area contributed by atoms with Gasteiger partial charge in [-0.2, -0.15) is 0 Å². The summed E-state index contributed by atoms with van der Waals surface area (Å²) in [6.07, 6.45) is 2.05. The minimum atomic E-state index is 0.332. The van der Waals surface area contributed by atoms with Gasteiger partial charge in [-0.1, -0.05) is 27.2 Å². The van der Waals surface area contributed by atoms with Crippen molar-refractivity contribution in [1.29, 1.82) is 0 Å². The van der Waals surface area contributed by atoms with Crippen molar-refractivity contribution in [1.82, 2.24) is 9.97 Å². The Balaban J connectivity index is 3.00. The number of hydrazine groups is 1. The Bertz CT molecular complexity index is 296. The smallest absolute Gasteiger partial charge is 0.143 e. The van der Waals surface area contributed by atoms with Crippen LogP contribution in [0.1, 0.15) is 44.6 Å². The van der Waals surface area contributed by atoms with Gasteiger partial charge in [0.1, 0.15) is 11.6 Å². The quantitative estimate of drug-likeness (QED) is 0.567. The molecule has 0 aliphatic carbocycles. The predicted octanol–water partition coefficient (Wildman–Crippen LogP) is 1.84. The van der Waals surface area contributed by atoms with Crippen LogP contribution in [0, 0.1) is 0 Å². The minimum absolute atomic E-state index is 0.332. The molecule has 0 radical (unpaired) electrons. The van der Waals surface area contributed by atoms with E-state index in [-0.39, 0.29) is 0 Å². The van der Waals surface area contributed by atoms with Crippen LogP contribution in [0.15, 0.2) is 6.07 Å². The zero-order valence-corrected chi connectivity index (χ0v) is 9.04. The summed E-state index contributed by atoms with van der Waals surface area (Å²) in [6, 6.07) is 1.90. The topological polar surface area (TPSA) is 63.8 Å². The van der Waals surface area contributed by atoms with Crippen molar-refractivity contribution in [3.8, 4) is 0 Å². The second-order valence-electron chi connectivity index (χ2n) is 3.65. The fraction of sp³-hybridized carbons (Fsp3) is 0.600. The van der Waals surface area contributed by atoms with Crippen LogP contribution in [-0.4, -0.2) is 9.97 Å². The number of aryl methyl sites for hydroxylation is 1. The molecular formula is C10H18N4. The van der Waals surface area contributed by atoms with Crippen molar-refractivity contribution in [3.05, 3.63) is 17.6 Å². The van der Waals surface area contributed by atoms with E-state index in [1.807, 2.05) is 6.07 Å². The van der Waals surface area contributed by atoms with Crippen LogP contribution in [0.5, 0.6) is 0 Å². The monoisotopic (exact) mass is 194 g/mol. The molecule has 0 aliphatic heterocycles. The number of aromatic nitrogens is 2. The number of anilines is 1. The Hall–Kier alpha value is -1.16. The fourth-order valence-corrected chi connectivity index (χ4v) is 1.23. The normalized spacial score (nSPS) is 10.6. The lowest BCUT2D eigenvalue weighted by atomic mass is 10.2. The Morgan fingerprint density at radius 3 is 2.64 bits per heavy atom. The first-order chi connectivity index (χ1) is 6.67. The summed E-state index contributed by atoms with van der Waals surface area (Å²) in [5.41, 5.74) is 3.62. The first-order valence-electron chi connectivity index (χ1n) is 5.01. The summed E-state index contributed by atoms with van der Waals surface area (Å²) in [6.45, 7) is 6.28. The van der Waals surface area contributed by atoms with E-state index in [2.05, 4.69) is 36.2 Å². The summed E-state index contributed by atoms with van der Waals surface area (Å²) >= 11 is 0. The van der Waals surface area contributed by atoms with Crippen LogP contribution in [0.25, 0.3) is 0 Å². The molecule has 1 heterocycles. The highest BCUT2D eigenvalue weighted by atomic mass is 15.3. The van der Waals surface area contributed by atoms with Crippen molar-refractivity contribution in [2.45, 2.75) is 39.5 Å². The molecule has 1 aromatic heterocycles. The molecule has 0 aliphatic rings. The van der Waals surface area contributed by atoms with Crippen molar-refractivity contribution in [2.75, 3.05) is 5.43 Å². The fourth-order valence-electron chi connectivity index (χ4n) is 1.23. The number of nitrogen functional groups attached to an aromatic ring is 1. The molecule has 4 nitrogen and oxygen atoms in total. The van der Waals surface area contributed by atoms with Gasteiger partial charge in [0.15, 0.2) is 0 Å². The van der Waals surface area contributed by atoms with Crippen LogP contribution in [0.3, 0.4) is 0 Å². The van der Waals surface area contributed by atoms with E-state index < -0.39 is 0 Å². The summed E-state index contributed by atoms with van der Waals surface area (Å²) in [5, 5.41) is 0. The summed E-state index contributed by atoms with van der Waals surface area (Å²) < 4.78 is 0. The number of hydrogen-bond donors (Lipinski definition) is 2. The lowest BCUT2D eigenvalue weighted by molar-refractivity contribution is 0.749. The van der Waals surface area contributed by atoms with Gasteiger partial charge >= 0.3 is 0 Å². The van der Waals surface area contributed by atoms with Crippen molar-refractivity contribution >= 4 is 5.82 Å². The molecule has 0 amide bonds. The van der Waals surface area contributed by atoms with Gasteiger partial charge in [-0.3, -0.25) is 0 Å². The molecular weight excluding hydrogens is 176 g/mol. The third-order valence-electron chi connectivity index (χ3n) is 1.97. The van der Waals surface area contributed by atoms with Gasteiger partial charge < -0.3 is 5.43 Å². The van der Waals surface area contributed by atoms with Gasteiger partial charge in [0.05, 0.1) is 0 Å². The third kappa shape index (κ3) is 2.67. The predicted molar refractivity (Wildman–Crippen MR) is 57.9 cm³/mol. The van der Waals surface area contributed by atoms with Gasteiger partial charge in [0, 0.05) is 17.7 Å². The Morgan fingerprint density at radius 2 is 2.14 bits per heavy atom. The van der Waals surface area contributed by atoms with Gasteiger partial charge in [-0.25, -0.2) is 15.8 Å². The Morgan fingerprint density at radius 1 is 1.43 bits per heavy atom. The van der Waals surface area contributed by atoms with Crippen LogP contribution in [-0.2, 0) is 6.42 Å². The number of hydrogen-bond acceptors (Lipinski definition) is 4. The molecule has 0 bridgehead atoms. The molecule has 0 fully saturated rings. The third-order valence-corrected chi connectivity index (χ3v) is 1.97. The standard InChI is InChI=1S/C10H18N4/c1-4-5-8-6-9(14-11)13-10(12-8)7(2)3/h6-7H,4-5,11H2,1-3H3,(H,12,13,14). The average molecular weight is 194 g/mol. The van der Waals surface area contributed by atoms with E-state index in [4.69, 9.17) is 5.84 Å². The van der Waals surface area contributed by atoms with Crippen LogP contribution >= 0.6 is 0 Å². The van der Waals surface area contributed by atoms with Crippen LogP contribution in [0.2, 0.25) is 0 Å². The first-order valence-corrected chi connectivity index (χ1v) is 5.01. The van der Waals surface area contributed by atoms with Gasteiger partial charge in [-0.05, 0) is 6.42 Å². The molecule has 1 aromatic rings. The highest BCUT2D eigenvalue weighted by Crippen LogP contribution is 2.14. The van der Waals surface area contributed by atoms with E-state index in [1.165, 1.54) is 0 Å². The Labute approximate surface area is 84.9 Å². The summed E-state index contributed by atoms with van der Waals surface area (Å²) in [7, 11) is 0. The van der Waals surface area contributed by atoms with E-state index in [0.29, 0.717) is 11.7 Å². The maximum atomic E-state index is 5.34. The molecule has 0 saturated heterocycles. The van der Waals surface area contributed by atoms with Gasteiger partial charge in [-0.15, -0.1) is 0 Å². The molecule has 1 rings (SSSR count). The molecule has 14 heavy (non-hydrogen) atoms. The lowest BCUT2D eigenvalue weighted by Gasteiger charge is -2.08. The van der Waals surface area contributed by atoms with Crippen LogP contribution in [0.4, 0.5) is 5.82 Å². The van der Waals surface area contributed by atoms with Gasteiger partial charge in [0.2, 0.25) is 0 Å². The lowest BCUT2D eigenvalue weighted by Crippen LogP contribution is -2.12. The maximum absolute atomic E-state index is 5.34.